The summed E-state index contributed by atoms with van der Waals surface area (Å²) in [6, 6.07) is 15.2. The van der Waals surface area contributed by atoms with Gasteiger partial charge in [0.2, 0.25) is 11.8 Å². The van der Waals surface area contributed by atoms with Crippen LogP contribution in [0.15, 0.2) is 48.5 Å². The Labute approximate surface area is 221 Å². The van der Waals surface area contributed by atoms with E-state index in [1.807, 2.05) is 55.5 Å². The number of piperidine rings is 1. The Balaban J connectivity index is 1.40. The van der Waals surface area contributed by atoms with Gasteiger partial charge >= 0.3 is 6.18 Å². The van der Waals surface area contributed by atoms with Crippen LogP contribution in [0, 0.1) is 0 Å². The van der Waals surface area contributed by atoms with Gasteiger partial charge in [-0.25, -0.2) is 0 Å². The largest absolute Gasteiger partial charge is 0.405 e. The van der Waals surface area contributed by atoms with Crippen LogP contribution in [0.3, 0.4) is 0 Å². The Kier molecular flexibility index (Phi) is 9.10. The highest BCUT2D eigenvalue weighted by atomic mass is 19.4. The highest BCUT2D eigenvalue weighted by molar-refractivity contribution is 6.00. The number of nitrogens with one attached hydrogen (secondary N) is 2. The molecule has 1 fully saturated rings. The summed E-state index contributed by atoms with van der Waals surface area (Å²) in [4.78, 5) is 27.8. The molecule has 4 rings (SSSR count). The number of amides is 2. The van der Waals surface area contributed by atoms with Gasteiger partial charge in [-0.05, 0) is 61.4 Å². The molecule has 0 atom stereocenters. The summed E-state index contributed by atoms with van der Waals surface area (Å²) in [6.45, 7) is 3.66. The number of unbranched alkanes of at least 4 members (excludes halogenated alkanes) is 1. The number of carbonyl (C=O) groups is 2. The summed E-state index contributed by atoms with van der Waals surface area (Å²) in [5.74, 6) is -0.688. The fourth-order valence-corrected chi connectivity index (χ4v) is 5.77. The van der Waals surface area contributed by atoms with Crippen LogP contribution in [-0.4, -0.2) is 68.3 Å². The van der Waals surface area contributed by atoms with E-state index in [4.69, 9.17) is 4.74 Å². The lowest BCUT2D eigenvalue weighted by Gasteiger charge is -2.33. The van der Waals surface area contributed by atoms with Crippen molar-refractivity contribution in [1.82, 2.24) is 15.5 Å². The molecule has 2 N–H and O–H groups in total. The number of likely N-dealkylation sites (tertiary alicyclic amines) is 1. The first kappa shape index (κ1) is 28.1. The second kappa shape index (κ2) is 12.3. The maximum Gasteiger partial charge on any atom is 0.405 e. The fraction of sp³-hybridized carbons (Fsp3) is 0.517. The second-order valence-electron chi connectivity index (χ2n) is 10.1. The number of carbonyl (C=O) groups excluding carboxylic acids is 2. The number of alkyl halides is 3. The number of ether oxygens (including phenoxy) is 1. The fourth-order valence-electron chi connectivity index (χ4n) is 5.77. The summed E-state index contributed by atoms with van der Waals surface area (Å²) in [5.41, 5.74) is 2.18. The summed E-state index contributed by atoms with van der Waals surface area (Å²) in [5, 5.41) is 5.21. The summed E-state index contributed by atoms with van der Waals surface area (Å²) in [7, 11) is 0. The Morgan fingerprint density at radius 1 is 1.00 bits per heavy atom. The molecule has 0 bridgehead atoms. The van der Waals surface area contributed by atoms with Crippen molar-refractivity contribution in [3.63, 3.8) is 0 Å². The third-order valence-corrected chi connectivity index (χ3v) is 7.57. The van der Waals surface area contributed by atoms with E-state index in [2.05, 4.69) is 15.5 Å². The SMILES string of the molecule is CCOCC(=O)NC1CCN(CCCCC2(C(=O)NCC(F)(F)F)c3ccccc3-c3ccccc32)CC1. The smallest absolute Gasteiger partial charge is 0.372 e. The molecule has 0 unspecified atom stereocenters. The van der Waals surface area contributed by atoms with Crippen LogP contribution in [0.1, 0.15) is 50.2 Å². The standard InChI is InChI=1S/C29H36F3N3O3/c1-2-38-19-26(36)34-21-13-17-35(18-14-21)16-8-7-15-28(27(37)33-20-29(30,31)32)24-11-5-3-9-22(24)23-10-4-6-12-25(23)28/h3-6,9-12,21H,2,7-8,13-20H2,1H3,(H,33,37)(H,34,36). The van der Waals surface area contributed by atoms with Crippen LogP contribution in [0.5, 0.6) is 0 Å². The first-order valence-electron chi connectivity index (χ1n) is 13.4. The zero-order valence-corrected chi connectivity index (χ0v) is 21.8. The molecule has 2 aromatic carbocycles. The van der Waals surface area contributed by atoms with Gasteiger partial charge in [0.1, 0.15) is 18.6 Å². The van der Waals surface area contributed by atoms with E-state index in [1.165, 1.54) is 0 Å². The quantitative estimate of drug-likeness (QED) is 0.422. The minimum absolute atomic E-state index is 0.0846. The van der Waals surface area contributed by atoms with Gasteiger partial charge in [-0.1, -0.05) is 55.0 Å². The molecule has 2 aliphatic rings. The normalized spacial score (nSPS) is 17.1. The van der Waals surface area contributed by atoms with E-state index in [0.717, 1.165) is 61.2 Å². The Bertz CT molecular complexity index is 1070. The van der Waals surface area contributed by atoms with E-state index < -0.39 is 24.0 Å². The number of fused-ring (bicyclic) bond motifs is 3. The van der Waals surface area contributed by atoms with Gasteiger partial charge in [0.25, 0.3) is 0 Å². The number of nitrogens with zero attached hydrogens (tertiary/aromatic N) is 1. The van der Waals surface area contributed by atoms with Gasteiger partial charge in [0, 0.05) is 25.7 Å². The van der Waals surface area contributed by atoms with Crippen LogP contribution in [-0.2, 0) is 19.7 Å². The molecule has 0 aromatic heterocycles. The minimum atomic E-state index is -4.48. The van der Waals surface area contributed by atoms with E-state index in [-0.39, 0.29) is 18.6 Å². The average Bonchev–Trinajstić information content (AvgIpc) is 3.20. The Morgan fingerprint density at radius 3 is 2.18 bits per heavy atom. The topological polar surface area (TPSA) is 70.7 Å². The first-order valence-corrected chi connectivity index (χ1v) is 13.4. The van der Waals surface area contributed by atoms with E-state index in [0.29, 0.717) is 19.4 Å². The van der Waals surface area contributed by atoms with E-state index in [1.54, 1.807) is 0 Å². The van der Waals surface area contributed by atoms with Crippen molar-refractivity contribution in [1.29, 1.82) is 0 Å². The predicted octanol–water partition coefficient (Wildman–Crippen LogP) is 4.42. The predicted molar refractivity (Wildman–Crippen MR) is 140 cm³/mol. The number of halogens is 3. The molecule has 2 amide bonds. The molecule has 1 aliphatic carbocycles. The lowest BCUT2D eigenvalue weighted by Crippen LogP contribution is -2.47. The van der Waals surface area contributed by atoms with Crippen LogP contribution >= 0.6 is 0 Å². The third kappa shape index (κ3) is 6.38. The second-order valence-corrected chi connectivity index (χ2v) is 10.1. The van der Waals surface area contributed by atoms with Crippen molar-refractivity contribution in [2.45, 2.75) is 56.7 Å². The molecule has 0 saturated carbocycles. The van der Waals surface area contributed by atoms with Crippen LogP contribution in [0.4, 0.5) is 13.2 Å². The molecule has 38 heavy (non-hydrogen) atoms. The molecular formula is C29H36F3N3O3. The molecule has 0 spiro atoms. The molecule has 206 valence electrons. The highest BCUT2D eigenvalue weighted by Gasteiger charge is 2.49. The van der Waals surface area contributed by atoms with Crippen molar-refractivity contribution < 1.29 is 27.5 Å². The van der Waals surface area contributed by atoms with Gasteiger partial charge in [-0.2, -0.15) is 13.2 Å². The van der Waals surface area contributed by atoms with Gasteiger partial charge in [-0.3, -0.25) is 9.59 Å². The monoisotopic (exact) mass is 531 g/mol. The Hall–Kier alpha value is -2.91. The zero-order valence-electron chi connectivity index (χ0n) is 21.8. The maximum absolute atomic E-state index is 13.6. The molecule has 9 heteroatoms. The average molecular weight is 532 g/mol. The van der Waals surface area contributed by atoms with Gasteiger partial charge in [0.15, 0.2) is 0 Å². The van der Waals surface area contributed by atoms with Gasteiger partial charge < -0.3 is 20.3 Å². The molecular weight excluding hydrogens is 495 g/mol. The summed E-state index contributed by atoms with van der Waals surface area (Å²) < 4.78 is 44.3. The van der Waals surface area contributed by atoms with Crippen molar-refractivity contribution in [3.05, 3.63) is 59.7 Å². The number of benzene rings is 2. The number of hydrogen-bond acceptors (Lipinski definition) is 4. The van der Waals surface area contributed by atoms with Gasteiger partial charge in [0.05, 0.1) is 0 Å². The number of hydrogen-bond donors (Lipinski definition) is 2. The lowest BCUT2D eigenvalue weighted by molar-refractivity contribution is -0.141. The molecule has 0 radical (unpaired) electrons. The van der Waals surface area contributed by atoms with Crippen LogP contribution in [0.25, 0.3) is 11.1 Å². The zero-order chi connectivity index (χ0) is 27.2. The van der Waals surface area contributed by atoms with Crippen LogP contribution < -0.4 is 10.6 Å². The highest BCUT2D eigenvalue weighted by Crippen LogP contribution is 2.51. The lowest BCUT2D eigenvalue weighted by atomic mass is 9.73. The maximum atomic E-state index is 13.6. The molecule has 6 nitrogen and oxygen atoms in total. The minimum Gasteiger partial charge on any atom is -0.372 e. The van der Waals surface area contributed by atoms with Crippen molar-refractivity contribution in [3.8, 4) is 11.1 Å². The molecule has 1 saturated heterocycles. The van der Waals surface area contributed by atoms with Crippen molar-refractivity contribution >= 4 is 11.8 Å². The first-order chi connectivity index (χ1) is 18.2. The van der Waals surface area contributed by atoms with Crippen molar-refractivity contribution in [2.24, 2.45) is 0 Å². The number of rotatable bonds is 11. The summed E-state index contributed by atoms with van der Waals surface area (Å²) in [6.07, 6.45) is -0.824. The Morgan fingerprint density at radius 2 is 1.61 bits per heavy atom. The van der Waals surface area contributed by atoms with Crippen LogP contribution in [0.2, 0.25) is 0 Å². The summed E-state index contributed by atoms with van der Waals surface area (Å²) >= 11 is 0. The molecule has 2 aromatic rings. The van der Waals surface area contributed by atoms with Gasteiger partial charge in [-0.15, -0.1) is 0 Å². The third-order valence-electron chi connectivity index (χ3n) is 7.57. The van der Waals surface area contributed by atoms with E-state index >= 15 is 0 Å². The van der Waals surface area contributed by atoms with E-state index in [9.17, 15) is 22.8 Å². The molecule has 1 aliphatic heterocycles. The van der Waals surface area contributed by atoms with Crippen molar-refractivity contribution in [2.75, 3.05) is 39.4 Å². The molecule has 1 heterocycles.